The Labute approximate surface area is 144 Å². The first-order valence-electron chi connectivity index (χ1n) is 8.17. The summed E-state index contributed by atoms with van der Waals surface area (Å²) in [7, 11) is 2.17. The summed E-state index contributed by atoms with van der Waals surface area (Å²) in [6.07, 6.45) is 0. The average molecular weight is 342 g/mol. The lowest BCUT2D eigenvalue weighted by atomic mass is 10.2. The molecule has 7 heteroatoms. The Morgan fingerprint density at radius 2 is 1.96 bits per heavy atom. The van der Waals surface area contributed by atoms with Gasteiger partial charge in [-0.2, -0.15) is 0 Å². The third-order valence-corrected chi connectivity index (χ3v) is 5.46. The molecule has 3 aromatic rings. The van der Waals surface area contributed by atoms with E-state index in [1.807, 2.05) is 33.6 Å². The molecule has 1 aliphatic heterocycles. The smallest absolute Gasteiger partial charge is 0.233 e. The number of thioether (sulfide) groups is 1. The number of piperazine rings is 1. The Balaban J connectivity index is 1.54. The summed E-state index contributed by atoms with van der Waals surface area (Å²) in [4.78, 5) is 15.9. The molecule has 24 heavy (non-hydrogen) atoms. The van der Waals surface area contributed by atoms with Crippen LogP contribution in [0.2, 0.25) is 0 Å². The Morgan fingerprint density at radius 1 is 1.17 bits per heavy atom. The van der Waals surface area contributed by atoms with Crippen LogP contribution in [0, 0.1) is 0 Å². The summed E-state index contributed by atoms with van der Waals surface area (Å²) in [6, 6.07) is 12.2. The normalized spacial score (nSPS) is 16.1. The van der Waals surface area contributed by atoms with E-state index in [-0.39, 0.29) is 5.91 Å². The third-order valence-electron chi connectivity index (χ3n) is 4.54. The highest BCUT2D eigenvalue weighted by atomic mass is 32.2. The Hall–Kier alpha value is -2.12. The second-order valence-corrected chi connectivity index (χ2v) is 7.14. The van der Waals surface area contributed by atoms with E-state index < -0.39 is 0 Å². The first-order valence-corrected chi connectivity index (χ1v) is 9.16. The number of rotatable bonds is 3. The lowest BCUT2D eigenvalue weighted by Crippen LogP contribution is -3.12. The number of nitrogens with zero attached hydrogens (tertiary/aromatic N) is 4. The Bertz CT molecular complexity index is 885. The molecule has 1 aliphatic rings. The maximum Gasteiger partial charge on any atom is 0.233 e. The van der Waals surface area contributed by atoms with E-state index in [0.717, 1.165) is 47.9 Å². The van der Waals surface area contributed by atoms with Crippen LogP contribution in [-0.4, -0.2) is 64.4 Å². The number of fused-ring (bicyclic) bond motifs is 3. The highest BCUT2D eigenvalue weighted by molar-refractivity contribution is 7.99. The summed E-state index contributed by atoms with van der Waals surface area (Å²) in [5.41, 5.74) is 1.88. The van der Waals surface area contributed by atoms with Crippen molar-refractivity contribution in [2.75, 3.05) is 39.0 Å². The summed E-state index contributed by atoms with van der Waals surface area (Å²) >= 11 is 1.47. The monoisotopic (exact) mass is 342 g/mol. The van der Waals surface area contributed by atoms with E-state index in [2.05, 4.69) is 29.4 Å². The van der Waals surface area contributed by atoms with Gasteiger partial charge in [0, 0.05) is 0 Å². The number of likely N-dealkylation sites (N-methyl/N-ethyl adjacent to an activating group) is 1. The maximum atomic E-state index is 12.4. The van der Waals surface area contributed by atoms with Crippen LogP contribution in [0.5, 0.6) is 0 Å². The molecule has 124 valence electrons. The number of carbonyl (C=O) groups excluding carboxylic acids is 1. The molecule has 1 N–H and O–H groups in total. The molecular weight excluding hydrogens is 322 g/mol. The van der Waals surface area contributed by atoms with Crippen LogP contribution < -0.4 is 4.90 Å². The van der Waals surface area contributed by atoms with Gasteiger partial charge in [-0.05, 0) is 23.6 Å². The van der Waals surface area contributed by atoms with Gasteiger partial charge >= 0.3 is 0 Å². The van der Waals surface area contributed by atoms with Gasteiger partial charge in [-0.3, -0.25) is 9.20 Å². The molecule has 6 nitrogen and oxygen atoms in total. The van der Waals surface area contributed by atoms with Crippen LogP contribution in [0.25, 0.3) is 16.6 Å². The topological polar surface area (TPSA) is 54.9 Å². The molecule has 0 atom stereocenters. The minimum Gasteiger partial charge on any atom is -0.334 e. The highest BCUT2D eigenvalue weighted by Crippen LogP contribution is 2.23. The predicted octanol–water partition coefficient (Wildman–Crippen LogP) is 0.332. The minimum absolute atomic E-state index is 0.185. The highest BCUT2D eigenvalue weighted by Gasteiger charge is 2.22. The van der Waals surface area contributed by atoms with Crippen LogP contribution in [0.3, 0.4) is 0 Å². The van der Waals surface area contributed by atoms with Crippen molar-refractivity contribution in [1.29, 1.82) is 0 Å². The minimum atomic E-state index is 0.185. The lowest BCUT2D eigenvalue weighted by Gasteiger charge is -2.29. The van der Waals surface area contributed by atoms with Crippen molar-refractivity contribution in [1.82, 2.24) is 19.5 Å². The molecule has 0 radical (unpaired) electrons. The largest absolute Gasteiger partial charge is 0.334 e. The Kier molecular flexibility index (Phi) is 4.12. The molecule has 3 heterocycles. The molecule has 1 aromatic carbocycles. The van der Waals surface area contributed by atoms with Crippen LogP contribution in [0.15, 0.2) is 41.6 Å². The van der Waals surface area contributed by atoms with Crippen molar-refractivity contribution >= 4 is 34.2 Å². The quantitative estimate of drug-likeness (QED) is 0.697. The van der Waals surface area contributed by atoms with Gasteiger partial charge in [0.25, 0.3) is 0 Å². The number of quaternary nitrogens is 1. The van der Waals surface area contributed by atoms with Gasteiger partial charge in [-0.1, -0.05) is 30.0 Å². The SMILES string of the molecule is C[NH+]1CCN(C(=O)CSc2nnc3ccc4ccccc4n23)CC1. The van der Waals surface area contributed by atoms with Crippen LogP contribution >= 0.6 is 11.8 Å². The molecule has 0 unspecified atom stereocenters. The van der Waals surface area contributed by atoms with Crippen LogP contribution in [0.4, 0.5) is 0 Å². The fourth-order valence-corrected chi connectivity index (χ4v) is 3.92. The molecule has 0 spiro atoms. The van der Waals surface area contributed by atoms with Crippen molar-refractivity contribution in [2.24, 2.45) is 0 Å². The fourth-order valence-electron chi connectivity index (χ4n) is 3.06. The zero-order valence-corrected chi connectivity index (χ0v) is 14.4. The number of aromatic nitrogens is 3. The van der Waals surface area contributed by atoms with Crippen molar-refractivity contribution in [2.45, 2.75) is 5.16 Å². The van der Waals surface area contributed by atoms with E-state index in [9.17, 15) is 4.79 Å². The predicted molar refractivity (Wildman–Crippen MR) is 94.4 cm³/mol. The number of carbonyl (C=O) groups is 1. The van der Waals surface area contributed by atoms with Crippen LogP contribution in [-0.2, 0) is 4.79 Å². The molecule has 0 bridgehead atoms. The second-order valence-electron chi connectivity index (χ2n) is 6.19. The van der Waals surface area contributed by atoms with E-state index in [4.69, 9.17) is 0 Å². The molecule has 0 saturated carbocycles. The molecular formula is C17H20N5OS+. The average Bonchev–Trinajstić information content (AvgIpc) is 3.04. The summed E-state index contributed by atoms with van der Waals surface area (Å²) in [6.45, 7) is 3.73. The molecule has 2 aromatic heterocycles. The number of pyridine rings is 1. The number of para-hydroxylation sites is 1. The summed E-state index contributed by atoms with van der Waals surface area (Å²) in [5, 5.41) is 10.4. The van der Waals surface area contributed by atoms with Crippen molar-refractivity contribution in [3.05, 3.63) is 36.4 Å². The maximum absolute atomic E-state index is 12.4. The van der Waals surface area contributed by atoms with E-state index >= 15 is 0 Å². The number of hydrogen-bond acceptors (Lipinski definition) is 4. The molecule has 1 fully saturated rings. The van der Waals surface area contributed by atoms with E-state index in [0.29, 0.717) is 5.75 Å². The summed E-state index contributed by atoms with van der Waals surface area (Å²) < 4.78 is 2.03. The van der Waals surface area contributed by atoms with Gasteiger partial charge in [-0.25, -0.2) is 0 Å². The first-order chi connectivity index (χ1) is 11.7. The van der Waals surface area contributed by atoms with Gasteiger partial charge in [0.2, 0.25) is 5.91 Å². The van der Waals surface area contributed by atoms with Crippen LogP contribution in [0.1, 0.15) is 0 Å². The second kappa shape index (κ2) is 6.41. The fraction of sp³-hybridized carbons (Fsp3) is 0.353. The van der Waals surface area contributed by atoms with Gasteiger partial charge in [0.15, 0.2) is 10.8 Å². The van der Waals surface area contributed by atoms with Crippen molar-refractivity contribution in [3.8, 4) is 0 Å². The Morgan fingerprint density at radius 3 is 2.79 bits per heavy atom. The zero-order chi connectivity index (χ0) is 16.5. The van der Waals surface area contributed by atoms with Gasteiger partial charge in [0.1, 0.15) is 0 Å². The first kappa shape index (κ1) is 15.4. The number of benzene rings is 1. The standard InChI is InChI=1S/C17H19N5OS/c1-20-8-10-21(11-9-20)16(23)12-24-17-19-18-15-7-6-13-4-2-3-5-14(13)22(15)17/h2-7H,8-12H2,1H3/p+1. The third kappa shape index (κ3) is 2.85. The molecule has 1 saturated heterocycles. The van der Waals surface area contributed by atoms with Gasteiger partial charge in [0.05, 0.1) is 44.5 Å². The summed E-state index contributed by atoms with van der Waals surface area (Å²) in [5.74, 6) is 0.591. The molecule has 0 aliphatic carbocycles. The van der Waals surface area contributed by atoms with E-state index in [1.165, 1.54) is 16.7 Å². The number of amides is 1. The molecule has 4 rings (SSSR count). The lowest BCUT2D eigenvalue weighted by molar-refractivity contribution is -0.883. The van der Waals surface area contributed by atoms with Crippen molar-refractivity contribution < 1.29 is 9.69 Å². The number of nitrogens with one attached hydrogen (secondary N) is 1. The van der Waals surface area contributed by atoms with Gasteiger partial charge in [-0.15, -0.1) is 10.2 Å². The van der Waals surface area contributed by atoms with Gasteiger partial charge < -0.3 is 9.80 Å². The number of hydrogen-bond donors (Lipinski definition) is 1. The van der Waals surface area contributed by atoms with Crippen molar-refractivity contribution in [3.63, 3.8) is 0 Å². The van der Waals surface area contributed by atoms with E-state index in [1.54, 1.807) is 0 Å². The molecule has 1 amide bonds. The zero-order valence-electron chi connectivity index (χ0n) is 13.6.